The van der Waals surface area contributed by atoms with Crippen LogP contribution in [0.25, 0.3) is 0 Å². The minimum Gasteiger partial charge on any atom is -0.433 e. The van der Waals surface area contributed by atoms with E-state index in [0.29, 0.717) is 0 Å². The van der Waals surface area contributed by atoms with Crippen LogP contribution in [-0.2, 0) is 9.59 Å². The number of rotatable bonds is 7. The number of anilines is 1. The average Bonchev–Trinajstić information content (AvgIpc) is 3.03. The molecule has 2 aromatic carbocycles. The molecule has 10 heteroatoms. The molecule has 0 aromatic heterocycles. The lowest BCUT2D eigenvalue weighted by atomic mass is 10.2. The Morgan fingerprint density at radius 1 is 1.21 bits per heavy atom. The second-order valence-corrected chi connectivity index (χ2v) is 5.89. The zero-order chi connectivity index (χ0) is 20.6. The van der Waals surface area contributed by atoms with Gasteiger partial charge in [-0.2, -0.15) is 13.9 Å². The van der Waals surface area contributed by atoms with E-state index in [1.165, 1.54) is 18.2 Å². The maximum atomic E-state index is 12.4. The summed E-state index contributed by atoms with van der Waals surface area (Å²) >= 11 is 0. The van der Waals surface area contributed by atoms with Gasteiger partial charge in [0.25, 0.3) is 5.91 Å². The molecule has 1 heterocycles. The third-order valence-corrected chi connectivity index (χ3v) is 3.77. The largest absolute Gasteiger partial charge is 0.433 e. The number of nitrogens with one attached hydrogen (secondary N) is 3. The predicted molar refractivity (Wildman–Crippen MR) is 103 cm³/mol. The average molecular weight is 401 g/mol. The van der Waals surface area contributed by atoms with Crippen LogP contribution in [0.4, 0.5) is 14.5 Å². The van der Waals surface area contributed by atoms with E-state index in [1.807, 2.05) is 30.3 Å². The minimum atomic E-state index is -3.02. The number of guanidine groups is 1. The smallest absolute Gasteiger partial charge is 0.387 e. The Kier molecular flexibility index (Phi) is 6.46. The number of halogens is 2. The molecule has 29 heavy (non-hydrogen) atoms. The molecule has 3 rings (SSSR count). The summed E-state index contributed by atoms with van der Waals surface area (Å²) in [6.07, 6.45) is 1.27. The molecule has 8 nitrogen and oxygen atoms in total. The number of carbonyl (C=O) groups excluding carboxylic acids is 2. The first kappa shape index (κ1) is 19.9. The van der Waals surface area contributed by atoms with Gasteiger partial charge in [0, 0.05) is 0 Å². The Balaban J connectivity index is 1.56. The molecule has 0 bridgehead atoms. The lowest BCUT2D eigenvalue weighted by Gasteiger charge is -2.12. The van der Waals surface area contributed by atoms with Crippen LogP contribution < -0.4 is 20.8 Å². The van der Waals surface area contributed by atoms with Crippen molar-refractivity contribution in [1.29, 1.82) is 0 Å². The number of hydrazone groups is 1. The number of hydrogen-bond donors (Lipinski definition) is 3. The molecule has 3 N–H and O–H groups in total. The molecule has 1 aliphatic heterocycles. The third kappa shape index (κ3) is 5.83. The van der Waals surface area contributed by atoms with E-state index < -0.39 is 24.5 Å². The number of hydrogen-bond acceptors (Lipinski definition) is 6. The number of aliphatic imine (C=N–C) groups is 1. The molecular formula is C19H17F2N5O3. The van der Waals surface area contributed by atoms with Gasteiger partial charge in [0.15, 0.2) is 0 Å². The van der Waals surface area contributed by atoms with Gasteiger partial charge in [-0.1, -0.05) is 42.5 Å². The van der Waals surface area contributed by atoms with Crippen LogP contribution in [0.5, 0.6) is 5.75 Å². The van der Waals surface area contributed by atoms with Crippen molar-refractivity contribution in [3.8, 4) is 5.75 Å². The fraction of sp³-hybridized carbons (Fsp3) is 0.158. The van der Waals surface area contributed by atoms with E-state index in [0.717, 1.165) is 5.56 Å². The number of amides is 2. The maximum absolute atomic E-state index is 12.4. The van der Waals surface area contributed by atoms with Crippen LogP contribution >= 0.6 is 0 Å². The summed E-state index contributed by atoms with van der Waals surface area (Å²) in [6.45, 7) is -3.02. The summed E-state index contributed by atoms with van der Waals surface area (Å²) < 4.78 is 29.2. The Labute approximate surface area is 164 Å². The van der Waals surface area contributed by atoms with Gasteiger partial charge in [-0.05, 0) is 17.7 Å². The van der Waals surface area contributed by atoms with Gasteiger partial charge in [-0.25, -0.2) is 10.4 Å². The van der Waals surface area contributed by atoms with Gasteiger partial charge in [0.05, 0.1) is 18.3 Å². The van der Waals surface area contributed by atoms with Gasteiger partial charge in [-0.15, -0.1) is 0 Å². The molecule has 2 amide bonds. The van der Waals surface area contributed by atoms with E-state index >= 15 is 0 Å². The number of benzene rings is 2. The van der Waals surface area contributed by atoms with Crippen LogP contribution in [0.2, 0.25) is 0 Å². The fourth-order valence-electron chi connectivity index (χ4n) is 2.49. The number of nitrogens with zero attached hydrogens (tertiary/aromatic N) is 2. The Morgan fingerprint density at radius 2 is 1.93 bits per heavy atom. The summed E-state index contributed by atoms with van der Waals surface area (Å²) in [5.41, 5.74) is 3.52. The monoisotopic (exact) mass is 401 g/mol. The summed E-state index contributed by atoms with van der Waals surface area (Å²) in [5, 5.41) is 8.90. The molecule has 1 atom stereocenters. The molecule has 150 valence electrons. The highest BCUT2D eigenvalue weighted by molar-refractivity contribution is 6.07. The summed E-state index contributed by atoms with van der Waals surface area (Å²) in [5.74, 6) is -1.11. The van der Waals surface area contributed by atoms with Crippen LogP contribution in [0.15, 0.2) is 64.7 Å². The molecule has 0 spiro atoms. The van der Waals surface area contributed by atoms with Crippen molar-refractivity contribution in [3.05, 3.63) is 60.2 Å². The first-order valence-electron chi connectivity index (χ1n) is 8.58. The first-order valence-corrected chi connectivity index (χ1v) is 8.58. The van der Waals surface area contributed by atoms with Gasteiger partial charge >= 0.3 is 6.61 Å². The van der Waals surface area contributed by atoms with Crippen molar-refractivity contribution in [2.24, 2.45) is 10.1 Å². The molecule has 0 fully saturated rings. The lowest BCUT2D eigenvalue weighted by molar-refractivity contribution is -0.123. The fourth-order valence-corrected chi connectivity index (χ4v) is 2.49. The SMILES string of the molecule is O=C(C[C@H]1N=C(N/N=C\c2ccccc2)NC1=O)Nc1ccccc1OC(F)F. The van der Waals surface area contributed by atoms with Crippen molar-refractivity contribution in [2.75, 3.05) is 5.32 Å². The normalized spacial score (nSPS) is 15.9. The second kappa shape index (κ2) is 9.40. The van der Waals surface area contributed by atoms with Crippen molar-refractivity contribution in [2.45, 2.75) is 19.1 Å². The van der Waals surface area contributed by atoms with Gasteiger partial charge in [0.2, 0.25) is 11.9 Å². The van der Waals surface area contributed by atoms with Crippen LogP contribution in [-0.4, -0.2) is 36.6 Å². The summed E-state index contributed by atoms with van der Waals surface area (Å²) in [7, 11) is 0. The molecule has 0 unspecified atom stereocenters. The molecule has 1 aliphatic rings. The Morgan fingerprint density at radius 3 is 2.69 bits per heavy atom. The number of ether oxygens (including phenoxy) is 1. The molecule has 0 saturated heterocycles. The first-order chi connectivity index (χ1) is 14.0. The topological polar surface area (TPSA) is 104 Å². The van der Waals surface area contributed by atoms with Crippen molar-refractivity contribution in [1.82, 2.24) is 10.7 Å². The molecular weight excluding hydrogens is 384 g/mol. The van der Waals surface area contributed by atoms with E-state index in [1.54, 1.807) is 12.3 Å². The van der Waals surface area contributed by atoms with Crippen LogP contribution in [0, 0.1) is 0 Å². The highest BCUT2D eigenvalue weighted by atomic mass is 19.3. The Hall–Kier alpha value is -3.82. The number of carbonyl (C=O) groups is 2. The zero-order valence-electron chi connectivity index (χ0n) is 15.0. The maximum Gasteiger partial charge on any atom is 0.387 e. The zero-order valence-corrected chi connectivity index (χ0v) is 15.0. The lowest BCUT2D eigenvalue weighted by Crippen LogP contribution is -2.35. The van der Waals surface area contributed by atoms with Gasteiger partial charge < -0.3 is 10.1 Å². The number of para-hydroxylation sites is 2. The van der Waals surface area contributed by atoms with Crippen LogP contribution in [0.3, 0.4) is 0 Å². The van der Waals surface area contributed by atoms with E-state index in [9.17, 15) is 18.4 Å². The quantitative estimate of drug-likeness (QED) is 0.488. The second-order valence-electron chi connectivity index (χ2n) is 5.89. The van der Waals surface area contributed by atoms with Gasteiger partial charge in [-0.3, -0.25) is 14.9 Å². The van der Waals surface area contributed by atoms with Crippen molar-refractivity contribution in [3.63, 3.8) is 0 Å². The predicted octanol–water partition coefficient (Wildman–Crippen LogP) is 2.09. The Bertz CT molecular complexity index is 934. The minimum absolute atomic E-state index is 0.0750. The van der Waals surface area contributed by atoms with Crippen LogP contribution in [0.1, 0.15) is 12.0 Å². The van der Waals surface area contributed by atoms with E-state index in [-0.39, 0.29) is 23.8 Å². The summed E-state index contributed by atoms with van der Waals surface area (Å²) in [4.78, 5) is 28.3. The van der Waals surface area contributed by atoms with Crippen molar-refractivity contribution < 1.29 is 23.1 Å². The molecule has 0 saturated carbocycles. The highest BCUT2D eigenvalue weighted by Gasteiger charge is 2.28. The van der Waals surface area contributed by atoms with Gasteiger partial charge in [0.1, 0.15) is 11.8 Å². The van der Waals surface area contributed by atoms with E-state index in [4.69, 9.17) is 0 Å². The third-order valence-electron chi connectivity index (χ3n) is 3.77. The standard InChI is InChI=1S/C19H17F2N5O3/c20-18(21)29-15-9-5-4-8-13(15)23-16(27)10-14-17(28)25-19(24-14)26-22-11-12-6-2-1-3-7-12/h1-9,11,14,18H,10H2,(H,23,27)(H2,24,25,26,28)/b22-11-/t14-/m1/s1. The molecule has 2 aromatic rings. The number of alkyl halides is 2. The molecule has 0 aliphatic carbocycles. The molecule has 0 radical (unpaired) electrons. The highest BCUT2D eigenvalue weighted by Crippen LogP contribution is 2.25. The van der Waals surface area contributed by atoms with Crippen molar-refractivity contribution >= 4 is 29.7 Å². The van der Waals surface area contributed by atoms with E-state index in [2.05, 4.69) is 30.9 Å². The summed E-state index contributed by atoms with van der Waals surface area (Å²) in [6, 6.07) is 14.1.